The molecule has 5 nitrogen and oxygen atoms in total. The van der Waals surface area contributed by atoms with Crippen LogP contribution in [0.5, 0.6) is 0 Å². The van der Waals surface area contributed by atoms with Gasteiger partial charge in [0.05, 0.1) is 12.2 Å². The van der Waals surface area contributed by atoms with E-state index in [1.165, 1.54) is 0 Å². The van der Waals surface area contributed by atoms with Crippen LogP contribution in [0, 0.1) is 0 Å². The van der Waals surface area contributed by atoms with Crippen LogP contribution in [0.3, 0.4) is 0 Å². The topological polar surface area (TPSA) is 72.8 Å². The summed E-state index contributed by atoms with van der Waals surface area (Å²) in [6.45, 7) is 5.69. The summed E-state index contributed by atoms with van der Waals surface area (Å²) in [6, 6.07) is 8.54. The predicted molar refractivity (Wildman–Crippen MR) is 68.7 cm³/mol. The first-order valence-electron chi connectivity index (χ1n) is 5.86. The van der Waals surface area contributed by atoms with E-state index >= 15 is 0 Å². The fraction of sp³-hybridized carbons (Fsp3) is 0.286. The Morgan fingerprint density at radius 1 is 1.32 bits per heavy atom. The number of hydrogen-bond donors (Lipinski definition) is 1. The van der Waals surface area contributed by atoms with Crippen molar-refractivity contribution in [3.05, 3.63) is 48.0 Å². The Balaban J connectivity index is 2.88. The summed E-state index contributed by atoms with van der Waals surface area (Å²) < 4.78 is 9.64. The molecule has 1 unspecified atom stereocenters. The number of ether oxygens (including phenoxy) is 2. The van der Waals surface area contributed by atoms with Gasteiger partial charge in [-0.3, -0.25) is 0 Å². The van der Waals surface area contributed by atoms with E-state index in [0.29, 0.717) is 12.0 Å². The molecule has 0 saturated carbocycles. The number of esters is 1. The van der Waals surface area contributed by atoms with Gasteiger partial charge in [0.15, 0.2) is 6.10 Å². The number of benzene rings is 1. The van der Waals surface area contributed by atoms with E-state index in [-0.39, 0.29) is 12.2 Å². The SMILES string of the molecule is C=C(C(=O)OCCC)C(OC(=O)O)c1ccccc1. The van der Waals surface area contributed by atoms with Gasteiger partial charge in [0.2, 0.25) is 0 Å². The maximum absolute atomic E-state index is 11.7. The Kier molecular flexibility index (Phi) is 5.60. The molecule has 0 saturated heterocycles. The van der Waals surface area contributed by atoms with Crippen LogP contribution in [0.25, 0.3) is 0 Å². The van der Waals surface area contributed by atoms with Gasteiger partial charge in [-0.05, 0) is 12.0 Å². The molecule has 0 amide bonds. The van der Waals surface area contributed by atoms with Crippen molar-refractivity contribution in [3.8, 4) is 0 Å². The molecule has 1 rings (SSSR count). The molecule has 0 bridgehead atoms. The van der Waals surface area contributed by atoms with Gasteiger partial charge in [0.25, 0.3) is 0 Å². The lowest BCUT2D eigenvalue weighted by molar-refractivity contribution is -0.140. The average Bonchev–Trinajstić information content (AvgIpc) is 2.42. The summed E-state index contributed by atoms with van der Waals surface area (Å²) in [5.41, 5.74) is 0.491. The van der Waals surface area contributed by atoms with Gasteiger partial charge in [0, 0.05) is 0 Å². The third-order valence-corrected chi connectivity index (χ3v) is 2.34. The quantitative estimate of drug-likeness (QED) is 0.631. The zero-order chi connectivity index (χ0) is 14.3. The zero-order valence-electron chi connectivity index (χ0n) is 10.7. The Bertz CT molecular complexity index is 452. The van der Waals surface area contributed by atoms with Gasteiger partial charge < -0.3 is 14.6 Å². The molecular formula is C14H16O5. The molecule has 0 aliphatic rings. The van der Waals surface area contributed by atoms with Crippen molar-refractivity contribution in [1.29, 1.82) is 0 Å². The van der Waals surface area contributed by atoms with Crippen LogP contribution >= 0.6 is 0 Å². The third kappa shape index (κ3) is 4.46. The highest BCUT2D eigenvalue weighted by Gasteiger charge is 2.25. The zero-order valence-corrected chi connectivity index (χ0v) is 10.7. The number of carbonyl (C=O) groups excluding carboxylic acids is 1. The van der Waals surface area contributed by atoms with Crippen molar-refractivity contribution in [2.75, 3.05) is 6.61 Å². The van der Waals surface area contributed by atoms with Crippen LogP contribution < -0.4 is 0 Å². The van der Waals surface area contributed by atoms with Crippen LogP contribution in [0.1, 0.15) is 25.0 Å². The molecule has 1 aromatic rings. The maximum Gasteiger partial charge on any atom is 0.506 e. The van der Waals surface area contributed by atoms with Gasteiger partial charge in [-0.25, -0.2) is 9.59 Å². The minimum absolute atomic E-state index is 0.0398. The van der Waals surface area contributed by atoms with Crippen LogP contribution in [-0.4, -0.2) is 23.8 Å². The molecule has 5 heteroatoms. The normalized spacial score (nSPS) is 11.4. The Morgan fingerprint density at radius 2 is 1.95 bits per heavy atom. The molecule has 0 aliphatic heterocycles. The fourth-order valence-electron chi connectivity index (χ4n) is 1.46. The molecule has 0 radical (unpaired) electrons. The lowest BCUT2D eigenvalue weighted by atomic mass is 10.0. The van der Waals surface area contributed by atoms with E-state index in [0.717, 1.165) is 0 Å². The highest BCUT2D eigenvalue weighted by atomic mass is 16.7. The van der Waals surface area contributed by atoms with E-state index in [9.17, 15) is 9.59 Å². The van der Waals surface area contributed by atoms with Crippen molar-refractivity contribution in [2.24, 2.45) is 0 Å². The predicted octanol–water partition coefficient (Wildman–Crippen LogP) is 2.93. The van der Waals surface area contributed by atoms with Gasteiger partial charge in [0.1, 0.15) is 0 Å². The van der Waals surface area contributed by atoms with Crippen LogP contribution in [-0.2, 0) is 14.3 Å². The summed E-state index contributed by atoms with van der Waals surface area (Å²) in [5.74, 6) is -0.656. The highest BCUT2D eigenvalue weighted by Crippen LogP contribution is 2.25. The van der Waals surface area contributed by atoms with E-state index < -0.39 is 18.2 Å². The molecule has 0 heterocycles. The second kappa shape index (κ2) is 7.20. The number of rotatable bonds is 6. The monoisotopic (exact) mass is 264 g/mol. The second-order valence-electron chi connectivity index (χ2n) is 3.84. The average molecular weight is 264 g/mol. The molecular weight excluding hydrogens is 248 g/mol. The minimum Gasteiger partial charge on any atom is -0.462 e. The molecule has 102 valence electrons. The standard InChI is InChI=1S/C14H16O5/c1-3-9-18-13(15)10(2)12(19-14(16)17)11-7-5-4-6-8-11/h4-8,12H,2-3,9H2,1H3,(H,16,17). The van der Waals surface area contributed by atoms with Crippen molar-refractivity contribution < 1.29 is 24.2 Å². The van der Waals surface area contributed by atoms with E-state index in [2.05, 4.69) is 6.58 Å². The van der Waals surface area contributed by atoms with Crippen LogP contribution in [0.4, 0.5) is 4.79 Å². The van der Waals surface area contributed by atoms with Gasteiger partial charge in [-0.2, -0.15) is 0 Å². The summed E-state index contributed by atoms with van der Waals surface area (Å²) in [4.78, 5) is 22.4. The molecule has 0 fully saturated rings. The minimum atomic E-state index is -1.47. The molecule has 1 aromatic carbocycles. The van der Waals surface area contributed by atoms with E-state index in [1.54, 1.807) is 30.3 Å². The maximum atomic E-state index is 11.7. The molecule has 1 N–H and O–H groups in total. The largest absolute Gasteiger partial charge is 0.506 e. The Hall–Kier alpha value is -2.30. The summed E-state index contributed by atoms with van der Waals surface area (Å²) in [7, 11) is 0. The van der Waals surface area contributed by atoms with Gasteiger partial charge in [-0.15, -0.1) is 0 Å². The van der Waals surface area contributed by atoms with Crippen molar-refractivity contribution in [1.82, 2.24) is 0 Å². The molecule has 19 heavy (non-hydrogen) atoms. The van der Waals surface area contributed by atoms with Crippen molar-refractivity contribution >= 4 is 12.1 Å². The summed E-state index contributed by atoms with van der Waals surface area (Å²) >= 11 is 0. The third-order valence-electron chi connectivity index (χ3n) is 2.34. The van der Waals surface area contributed by atoms with Gasteiger partial charge >= 0.3 is 12.1 Å². The first-order chi connectivity index (χ1) is 9.06. The lowest BCUT2D eigenvalue weighted by Gasteiger charge is -2.17. The Morgan fingerprint density at radius 3 is 2.47 bits per heavy atom. The first-order valence-corrected chi connectivity index (χ1v) is 5.86. The molecule has 0 aliphatic carbocycles. The molecule has 1 atom stereocenters. The fourth-order valence-corrected chi connectivity index (χ4v) is 1.46. The van der Waals surface area contributed by atoms with Crippen LogP contribution in [0.15, 0.2) is 42.5 Å². The summed E-state index contributed by atoms with van der Waals surface area (Å²) in [5, 5.41) is 8.74. The smallest absolute Gasteiger partial charge is 0.462 e. The summed E-state index contributed by atoms with van der Waals surface area (Å²) in [6.07, 6.45) is -1.85. The van der Waals surface area contributed by atoms with Crippen LogP contribution in [0.2, 0.25) is 0 Å². The lowest BCUT2D eigenvalue weighted by Crippen LogP contribution is -2.19. The second-order valence-corrected chi connectivity index (χ2v) is 3.84. The highest BCUT2D eigenvalue weighted by molar-refractivity contribution is 5.89. The molecule has 0 spiro atoms. The van der Waals surface area contributed by atoms with Crippen molar-refractivity contribution in [2.45, 2.75) is 19.4 Å². The first kappa shape index (κ1) is 14.8. The number of carboxylic acid groups (broad SMARTS) is 1. The van der Waals surface area contributed by atoms with E-state index in [1.807, 2.05) is 6.92 Å². The van der Waals surface area contributed by atoms with Gasteiger partial charge in [-0.1, -0.05) is 43.8 Å². The van der Waals surface area contributed by atoms with Crippen molar-refractivity contribution in [3.63, 3.8) is 0 Å². The molecule has 0 aromatic heterocycles. The number of carbonyl (C=O) groups is 2. The Labute approximate surface area is 111 Å². The number of hydrogen-bond acceptors (Lipinski definition) is 4. The van der Waals surface area contributed by atoms with E-state index in [4.69, 9.17) is 14.6 Å².